The quantitative estimate of drug-likeness (QED) is 0.627. The molecule has 6 heteroatoms. The number of halogens is 1. The lowest BCUT2D eigenvalue weighted by atomic mass is 10.0. The summed E-state index contributed by atoms with van der Waals surface area (Å²) >= 11 is 0. The monoisotopic (exact) mass is 365 g/mol. The highest BCUT2D eigenvalue weighted by atomic mass is 19.1. The van der Waals surface area contributed by atoms with Gasteiger partial charge in [0.2, 0.25) is 5.91 Å². The van der Waals surface area contributed by atoms with Crippen LogP contribution in [-0.4, -0.2) is 18.4 Å². The van der Waals surface area contributed by atoms with Gasteiger partial charge in [-0.15, -0.1) is 0 Å². The van der Waals surface area contributed by atoms with Crippen molar-refractivity contribution >= 4 is 28.3 Å². The summed E-state index contributed by atoms with van der Waals surface area (Å²) in [4.78, 5) is 24.1. The maximum absolute atomic E-state index is 14.1. The van der Waals surface area contributed by atoms with E-state index in [0.717, 1.165) is 22.4 Å². The summed E-state index contributed by atoms with van der Waals surface area (Å²) in [5.74, 6) is -1.48. The Labute approximate surface area is 156 Å². The molecule has 0 bridgehead atoms. The van der Waals surface area contributed by atoms with Crippen molar-refractivity contribution in [2.24, 2.45) is 5.73 Å². The number of rotatable bonds is 6. The molecule has 0 fully saturated rings. The Morgan fingerprint density at radius 2 is 1.78 bits per heavy atom. The first-order valence-corrected chi connectivity index (χ1v) is 8.63. The summed E-state index contributed by atoms with van der Waals surface area (Å²) in [6, 6.07) is 17.6. The van der Waals surface area contributed by atoms with Crippen LogP contribution < -0.4 is 16.4 Å². The van der Waals surface area contributed by atoms with Crippen LogP contribution in [0.2, 0.25) is 0 Å². The molecule has 0 saturated heterocycles. The van der Waals surface area contributed by atoms with E-state index in [2.05, 4.69) is 10.6 Å². The van der Waals surface area contributed by atoms with E-state index < -0.39 is 11.7 Å². The molecule has 0 atom stereocenters. The molecular weight excluding hydrogens is 345 g/mol. The molecule has 0 aliphatic carbocycles. The molecule has 0 saturated carbocycles. The second kappa shape index (κ2) is 8.42. The van der Waals surface area contributed by atoms with Gasteiger partial charge in [0.1, 0.15) is 5.82 Å². The Hall–Kier alpha value is -3.25. The molecule has 2 amide bonds. The van der Waals surface area contributed by atoms with Gasteiger partial charge in [0.15, 0.2) is 0 Å². The van der Waals surface area contributed by atoms with Gasteiger partial charge >= 0.3 is 0 Å². The molecule has 3 aromatic carbocycles. The van der Waals surface area contributed by atoms with E-state index in [4.69, 9.17) is 5.73 Å². The van der Waals surface area contributed by atoms with Crippen molar-refractivity contribution in [2.75, 3.05) is 11.9 Å². The summed E-state index contributed by atoms with van der Waals surface area (Å²) in [6.07, 6.45) is 0.153. The molecule has 3 aromatic rings. The van der Waals surface area contributed by atoms with Crippen LogP contribution in [0, 0.1) is 5.82 Å². The maximum Gasteiger partial charge on any atom is 0.254 e. The average Bonchev–Trinajstić information content (AvgIpc) is 2.67. The fraction of sp³-hybridized carbons (Fsp3) is 0.143. The van der Waals surface area contributed by atoms with Crippen molar-refractivity contribution in [3.63, 3.8) is 0 Å². The summed E-state index contributed by atoms with van der Waals surface area (Å²) in [5.41, 5.74) is 6.50. The number of nitrogens with two attached hydrogens (primary N) is 1. The number of fused-ring (bicyclic) bond motifs is 1. The lowest BCUT2D eigenvalue weighted by Crippen LogP contribution is -2.24. The number of hydrogen-bond acceptors (Lipinski definition) is 3. The van der Waals surface area contributed by atoms with E-state index in [1.807, 2.05) is 42.5 Å². The number of carbonyl (C=O) groups is 2. The molecular formula is C21H20FN3O2. The highest BCUT2D eigenvalue weighted by Gasteiger charge is 2.14. The van der Waals surface area contributed by atoms with Crippen LogP contribution in [0.15, 0.2) is 60.7 Å². The smallest absolute Gasteiger partial charge is 0.254 e. The van der Waals surface area contributed by atoms with Gasteiger partial charge in [0, 0.05) is 25.2 Å². The van der Waals surface area contributed by atoms with Gasteiger partial charge in [0.05, 0.1) is 5.56 Å². The highest BCUT2D eigenvalue weighted by molar-refractivity contribution is 5.97. The zero-order valence-electron chi connectivity index (χ0n) is 14.7. The van der Waals surface area contributed by atoms with Gasteiger partial charge in [-0.1, -0.05) is 42.5 Å². The summed E-state index contributed by atoms with van der Waals surface area (Å²) in [5, 5.41) is 7.44. The molecule has 4 N–H and O–H groups in total. The van der Waals surface area contributed by atoms with E-state index in [-0.39, 0.29) is 31.0 Å². The van der Waals surface area contributed by atoms with E-state index in [1.54, 1.807) is 0 Å². The molecule has 138 valence electrons. The van der Waals surface area contributed by atoms with Crippen LogP contribution in [-0.2, 0) is 11.3 Å². The third-order valence-electron chi connectivity index (χ3n) is 4.19. The van der Waals surface area contributed by atoms with Gasteiger partial charge in [-0.05, 0) is 34.5 Å². The number of nitrogens with one attached hydrogen (secondary N) is 2. The average molecular weight is 365 g/mol. The lowest BCUT2D eigenvalue weighted by molar-refractivity contribution is -0.116. The zero-order chi connectivity index (χ0) is 19.2. The van der Waals surface area contributed by atoms with E-state index >= 15 is 0 Å². The number of anilines is 1. The number of benzene rings is 3. The Kier molecular flexibility index (Phi) is 5.78. The number of hydrogen-bond donors (Lipinski definition) is 3. The van der Waals surface area contributed by atoms with E-state index in [9.17, 15) is 14.0 Å². The first-order chi connectivity index (χ1) is 13.1. The predicted molar refractivity (Wildman–Crippen MR) is 104 cm³/mol. The van der Waals surface area contributed by atoms with Gasteiger partial charge in [0.25, 0.3) is 5.91 Å². The molecule has 27 heavy (non-hydrogen) atoms. The minimum absolute atomic E-state index is 0.124. The molecule has 3 rings (SSSR count). The fourth-order valence-corrected chi connectivity index (χ4v) is 2.85. The zero-order valence-corrected chi connectivity index (χ0v) is 14.7. The summed E-state index contributed by atoms with van der Waals surface area (Å²) in [7, 11) is 0. The Morgan fingerprint density at radius 3 is 2.59 bits per heavy atom. The third kappa shape index (κ3) is 4.48. The summed E-state index contributed by atoms with van der Waals surface area (Å²) in [6.45, 7) is 0.481. The summed E-state index contributed by atoms with van der Waals surface area (Å²) < 4.78 is 14.1. The second-order valence-electron chi connectivity index (χ2n) is 6.10. The van der Waals surface area contributed by atoms with E-state index in [0.29, 0.717) is 5.69 Å². The SMILES string of the molecule is NCCC(=O)Nc1ccc(F)c(C(=O)NCc2cccc3ccccc23)c1. The van der Waals surface area contributed by atoms with Gasteiger partial charge in [-0.25, -0.2) is 4.39 Å². The van der Waals surface area contributed by atoms with Crippen LogP contribution >= 0.6 is 0 Å². The normalized spacial score (nSPS) is 10.6. The molecule has 0 radical (unpaired) electrons. The predicted octanol–water partition coefficient (Wildman–Crippen LogP) is 3.20. The standard InChI is InChI=1S/C21H20FN3O2/c22-19-9-8-16(25-20(26)10-11-23)12-18(19)21(27)24-13-15-6-3-5-14-4-1-2-7-17(14)15/h1-9,12H,10-11,13,23H2,(H,24,27)(H,25,26). The number of amides is 2. The Balaban J connectivity index is 1.74. The van der Waals surface area contributed by atoms with Crippen LogP contribution in [0.3, 0.4) is 0 Å². The largest absolute Gasteiger partial charge is 0.348 e. The van der Waals surface area contributed by atoms with Crippen LogP contribution in [0.4, 0.5) is 10.1 Å². The minimum atomic E-state index is -0.651. The molecule has 0 aliphatic rings. The molecule has 0 unspecified atom stereocenters. The molecule has 0 aromatic heterocycles. The van der Waals surface area contributed by atoms with Crippen molar-refractivity contribution < 1.29 is 14.0 Å². The van der Waals surface area contributed by atoms with Crippen LogP contribution in [0.1, 0.15) is 22.3 Å². The van der Waals surface area contributed by atoms with Crippen molar-refractivity contribution in [3.8, 4) is 0 Å². The fourth-order valence-electron chi connectivity index (χ4n) is 2.85. The molecule has 0 aliphatic heterocycles. The molecule has 0 heterocycles. The van der Waals surface area contributed by atoms with Crippen molar-refractivity contribution in [1.29, 1.82) is 0 Å². The van der Waals surface area contributed by atoms with E-state index in [1.165, 1.54) is 12.1 Å². The minimum Gasteiger partial charge on any atom is -0.348 e. The van der Waals surface area contributed by atoms with Crippen LogP contribution in [0.25, 0.3) is 10.8 Å². The first kappa shape index (κ1) is 18.5. The molecule has 0 spiro atoms. The third-order valence-corrected chi connectivity index (χ3v) is 4.19. The van der Waals surface area contributed by atoms with Crippen molar-refractivity contribution in [3.05, 3.63) is 77.6 Å². The maximum atomic E-state index is 14.1. The van der Waals surface area contributed by atoms with Crippen molar-refractivity contribution in [2.45, 2.75) is 13.0 Å². The topological polar surface area (TPSA) is 84.2 Å². The Morgan fingerprint density at radius 1 is 1.00 bits per heavy atom. The van der Waals surface area contributed by atoms with Crippen molar-refractivity contribution in [1.82, 2.24) is 5.32 Å². The Bertz CT molecular complexity index is 983. The second-order valence-corrected chi connectivity index (χ2v) is 6.10. The highest BCUT2D eigenvalue weighted by Crippen LogP contribution is 2.19. The van der Waals surface area contributed by atoms with Gasteiger partial charge in [-0.3, -0.25) is 9.59 Å². The first-order valence-electron chi connectivity index (χ1n) is 8.63. The lowest BCUT2D eigenvalue weighted by Gasteiger charge is -2.11. The molecule has 5 nitrogen and oxygen atoms in total. The van der Waals surface area contributed by atoms with Gasteiger partial charge in [-0.2, -0.15) is 0 Å². The van der Waals surface area contributed by atoms with Gasteiger partial charge < -0.3 is 16.4 Å². The van der Waals surface area contributed by atoms with Crippen LogP contribution in [0.5, 0.6) is 0 Å². The number of carbonyl (C=O) groups excluding carboxylic acids is 2.